The minimum atomic E-state index is -4.25. The van der Waals surface area contributed by atoms with Gasteiger partial charge in [0, 0.05) is 29.6 Å². The number of carbonyl (C=O) groups excluding carboxylic acids is 1. The predicted octanol–water partition coefficient (Wildman–Crippen LogP) is 3.48. The summed E-state index contributed by atoms with van der Waals surface area (Å²) in [6, 6.07) is 6.12. The van der Waals surface area contributed by atoms with Crippen LogP contribution < -0.4 is 20.7 Å². The molecule has 1 atom stereocenters. The second-order valence-corrected chi connectivity index (χ2v) is 13.4. The molecule has 0 saturated carbocycles. The topological polar surface area (TPSA) is 130 Å². The maximum atomic E-state index is 13.7. The normalized spacial score (nSPS) is 20.0. The quantitative estimate of drug-likeness (QED) is 0.540. The Morgan fingerprint density at radius 2 is 1.97 bits per heavy atom. The van der Waals surface area contributed by atoms with E-state index in [-0.39, 0.29) is 27.4 Å². The fraction of sp³-hybridized carbons (Fsp3) is 0.519. The van der Waals surface area contributed by atoms with Gasteiger partial charge in [0.15, 0.2) is 5.03 Å². The number of nitrogens with one attached hydrogen (secondary N) is 2. The third-order valence-corrected chi connectivity index (χ3v) is 8.18. The van der Waals surface area contributed by atoms with Gasteiger partial charge in [-0.1, -0.05) is 39.8 Å². The number of aromatic nitrogens is 2. The number of hydrogen-bond acceptors (Lipinski definition) is 8. The Hall–Kier alpha value is -2.98. The zero-order valence-corrected chi connectivity index (χ0v) is 23.4. The highest BCUT2D eigenvalue weighted by atomic mass is 32.2. The van der Waals surface area contributed by atoms with Crippen molar-refractivity contribution in [3.05, 3.63) is 47.2 Å². The van der Waals surface area contributed by atoms with Crippen molar-refractivity contribution in [2.45, 2.75) is 70.4 Å². The van der Waals surface area contributed by atoms with Crippen molar-refractivity contribution in [3.63, 3.8) is 0 Å². The zero-order chi connectivity index (χ0) is 27.2. The molecular formula is C27H38N6O3S. The Morgan fingerprint density at radius 1 is 1.24 bits per heavy atom. The SMILES string of the molecule is CC1CN(c2nc(C(C)(C)C)c(C3=CCNCC3)cc2C(=O)NS(=O)(=O)c2cccc(N)n2)C(C)(C)C1. The summed E-state index contributed by atoms with van der Waals surface area (Å²) in [6.45, 7) is 15.0. The standard InChI is InChI=1S/C27H38N6O3S/c1-17-15-27(5,6)33(16-17)24-20(25(34)32-37(35,36)22-9-7-8-21(28)30-22)14-19(18-10-12-29-13-11-18)23(31-24)26(2,3)4/h7-10,14,17,29H,11-13,15-16H2,1-6H3,(H2,28,30)(H,32,34). The summed E-state index contributed by atoms with van der Waals surface area (Å²) in [7, 11) is -4.25. The average Bonchev–Trinajstić information content (AvgIpc) is 3.09. The Kier molecular flexibility index (Phi) is 7.11. The molecule has 2 aromatic rings. The lowest BCUT2D eigenvalue weighted by atomic mass is 9.84. The highest BCUT2D eigenvalue weighted by molar-refractivity contribution is 7.90. The van der Waals surface area contributed by atoms with Crippen molar-refractivity contribution in [2.75, 3.05) is 30.3 Å². The van der Waals surface area contributed by atoms with E-state index in [0.717, 1.165) is 49.3 Å². The maximum Gasteiger partial charge on any atom is 0.281 e. The number of anilines is 2. The van der Waals surface area contributed by atoms with Gasteiger partial charge < -0.3 is 16.0 Å². The van der Waals surface area contributed by atoms with Gasteiger partial charge in [0.1, 0.15) is 11.6 Å². The van der Waals surface area contributed by atoms with Gasteiger partial charge in [0.2, 0.25) is 0 Å². The summed E-state index contributed by atoms with van der Waals surface area (Å²) < 4.78 is 28.4. The molecule has 200 valence electrons. The molecule has 2 aromatic heterocycles. The van der Waals surface area contributed by atoms with Gasteiger partial charge in [-0.15, -0.1) is 0 Å². The van der Waals surface area contributed by atoms with Crippen LogP contribution in [0.5, 0.6) is 0 Å². The van der Waals surface area contributed by atoms with Crippen LogP contribution in [0.2, 0.25) is 0 Å². The fourth-order valence-corrected chi connectivity index (χ4v) is 6.27. The van der Waals surface area contributed by atoms with E-state index in [1.807, 2.05) is 6.07 Å². The van der Waals surface area contributed by atoms with Crippen LogP contribution in [0.1, 0.15) is 76.0 Å². The van der Waals surface area contributed by atoms with Gasteiger partial charge >= 0.3 is 0 Å². The number of pyridine rings is 2. The number of carbonyl (C=O) groups is 1. The predicted molar refractivity (Wildman–Crippen MR) is 147 cm³/mol. The molecule has 1 fully saturated rings. The first-order valence-electron chi connectivity index (χ1n) is 12.7. The Balaban J connectivity index is 1.89. The van der Waals surface area contributed by atoms with Crippen LogP contribution in [-0.4, -0.2) is 49.5 Å². The second kappa shape index (κ2) is 9.72. The monoisotopic (exact) mass is 526 g/mol. The van der Waals surface area contributed by atoms with Crippen LogP contribution in [0.15, 0.2) is 35.4 Å². The number of rotatable bonds is 5. The van der Waals surface area contributed by atoms with E-state index in [9.17, 15) is 13.2 Å². The number of nitrogen functional groups attached to an aromatic ring is 1. The highest BCUT2D eigenvalue weighted by Crippen LogP contribution is 2.41. The van der Waals surface area contributed by atoms with E-state index < -0.39 is 15.9 Å². The Labute approximate surface area is 220 Å². The van der Waals surface area contributed by atoms with E-state index in [2.05, 4.69) is 67.5 Å². The number of amides is 1. The van der Waals surface area contributed by atoms with E-state index in [1.165, 1.54) is 18.2 Å². The van der Waals surface area contributed by atoms with Crippen LogP contribution in [0.4, 0.5) is 11.6 Å². The van der Waals surface area contributed by atoms with Gasteiger partial charge in [0.05, 0.1) is 11.3 Å². The number of sulfonamides is 1. The molecule has 2 aliphatic heterocycles. The second-order valence-electron chi connectivity index (χ2n) is 11.8. The van der Waals surface area contributed by atoms with Crippen molar-refractivity contribution in [1.82, 2.24) is 20.0 Å². The van der Waals surface area contributed by atoms with Crippen molar-refractivity contribution in [2.24, 2.45) is 5.92 Å². The third-order valence-electron chi connectivity index (χ3n) is 6.94. The van der Waals surface area contributed by atoms with Crippen molar-refractivity contribution in [3.8, 4) is 0 Å². The van der Waals surface area contributed by atoms with Gasteiger partial charge in [0.25, 0.3) is 15.9 Å². The van der Waals surface area contributed by atoms with Crippen molar-refractivity contribution in [1.29, 1.82) is 0 Å². The lowest BCUT2D eigenvalue weighted by molar-refractivity contribution is 0.0981. The number of hydrogen-bond donors (Lipinski definition) is 3. The van der Waals surface area contributed by atoms with E-state index in [4.69, 9.17) is 10.7 Å². The van der Waals surface area contributed by atoms with Crippen LogP contribution in [0, 0.1) is 5.92 Å². The molecule has 0 bridgehead atoms. The Bertz CT molecular complexity index is 1340. The summed E-state index contributed by atoms with van der Waals surface area (Å²) in [6.07, 6.45) is 3.85. The molecule has 0 radical (unpaired) electrons. The molecule has 4 heterocycles. The molecule has 4 rings (SSSR count). The first kappa shape index (κ1) is 27.1. The van der Waals surface area contributed by atoms with Gasteiger partial charge in [-0.05, 0) is 62.9 Å². The smallest absolute Gasteiger partial charge is 0.281 e. The van der Waals surface area contributed by atoms with E-state index >= 15 is 0 Å². The third kappa shape index (κ3) is 5.65. The van der Waals surface area contributed by atoms with Gasteiger partial charge in [-0.3, -0.25) is 4.79 Å². The lowest BCUT2D eigenvalue weighted by Gasteiger charge is -2.36. The molecule has 1 saturated heterocycles. The summed E-state index contributed by atoms with van der Waals surface area (Å²) in [5, 5.41) is 3.02. The summed E-state index contributed by atoms with van der Waals surface area (Å²) in [5.41, 5.74) is 8.26. The highest BCUT2D eigenvalue weighted by Gasteiger charge is 2.40. The molecule has 1 unspecified atom stereocenters. The molecule has 2 aliphatic rings. The van der Waals surface area contributed by atoms with Crippen LogP contribution >= 0.6 is 0 Å². The summed E-state index contributed by atoms with van der Waals surface area (Å²) in [4.78, 5) is 24.9. The minimum absolute atomic E-state index is 0.0557. The fourth-order valence-electron chi connectivity index (χ4n) is 5.33. The molecule has 1 amide bonds. The molecule has 10 heteroatoms. The number of nitrogens with two attached hydrogens (primary N) is 1. The molecule has 0 aliphatic carbocycles. The first-order chi connectivity index (χ1) is 17.2. The number of nitrogens with zero attached hydrogens (tertiary/aromatic N) is 3. The largest absolute Gasteiger partial charge is 0.384 e. The zero-order valence-electron chi connectivity index (χ0n) is 22.6. The minimum Gasteiger partial charge on any atom is -0.384 e. The summed E-state index contributed by atoms with van der Waals surface area (Å²) in [5.74, 6) is 0.224. The molecule has 37 heavy (non-hydrogen) atoms. The van der Waals surface area contributed by atoms with Crippen LogP contribution in [-0.2, 0) is 15.4 Å². The molecular weight excluding hydrogens is 488 g/mol. The van der Waals surface area contributed by atoms with Gasteiger partial charge in [-0.25, -0.2) is 14.7 Å². The lowest BCUT2D eigenvalue weighted by Crippen LogP contribution is -2.41. The maximum absolute atomic E-state index is 13.7. The van der Waals surface area contributed by atoms with Crippen molar-refractivity contribution >= 4 is 33.1 Å². The van der Waals surface area contributed by atoms with Crippen LogP contribution in [0.3, 0.4) is 0 Å². The van der Waals surface area contributed by atoms with E-state index in [1.54, 1.807) is 0 Å². The molecule has 4 N–H and O–H groups in total. The molecule has 9 nitrogen and oxygen atoms in total. The summed E-state index contributed by atoms with van der Waals surface area (Å²) >= 11 is 0. The molecule has 0 spiro atoms. The van der Waals surface area contributed by atoms with E-state index in [0.29, 0.717) is 11.7 Å². The Morgan fingerprint density at radius 3 is 2.54 bits per heavy atom. The van der Waals surface area contributed by atoms with Crippen molar-refractivity contribution < 1.29 is 13.2 Å². The first-order valence-corrected chi connectivity index (χ1v) is 14.2. The van der Waals surface area contributed by atoms with Gasteiger partial charge in [-0.2, -0.15) is 8.42 Å². The van der Waals surface area contributed by atoms with Crippen LogP contribution in [0.25, 0.3) is 5.57 Å². The average molecular weight is 527 g/mol. The molecule has 0 aromatic carbocycles.